The minimum absolute atomic E-state index is 0.0227. The molecule has 0 bridgehead atoms. The summed E-state index contributed by atoms with van der Waals surface area (Å²) in [5.41, 5.74) is -0.185. The summed E-state index contributed by atoms with van der Waals surface area (Å²) < 4.78 is 34.6. The van der Waals surface area contributed by atoms with Gasteiger partial charge in [0.1, 0.15) is 17.6 Å². The molecule has 10 heteroatoms. The van der Waals surface area contributed by atoms with Crippen molar-refractivity contribution in [3.8, 4) is 0 Å². The number of Topliss-reactive ketones (excluding diaryl/α,β-unsaturated/α-hetero) is 1. The Hall–Kier alpha value is -2.75. The van der Waals surface area contributed by atoms with Gasteiger partial charge >= 0.3 is 6.09 Å². The predicted molar refractivity (Wildman–Crippen MR) is 94.8 cm³/mol. The molecule has 2 heterocycles. The second-order valence-corrected chi connectivity index (χ2v) is 6.68. The van der Waals surface area contributed by atoms with Gasteiger partial charge in [-0.05, 0) is 13.3 Å². The zero-order valence-corrected chi connectivity index (χ0v) is 15.4. The zero-order valence-electron chi connectivity index (χ0n) is 15.4. The lowest BCUT2D eigenvalue weighted by atomic mass is 10.1. The van der Waals surface area contributed by atoms with E-state index in [0.717, 1.165) is 22.1 Å². The SMILES string of the molecule is CC(=O)CC[C@H]1CN(c2cc(F)c(N3CCON(C=O)CC3)c(F)c2)C(=O)O1. The van der Waals surface area contributed by atoms with Crippen LogP contribution in [0.25, 0.3) is 0 Å². The molecule has 0 N–H and O–H groups in total. The van der Waals surface area contributed by atoms with Crippen LogP contribution in [0.3, 0.4) is 0 Å². The third-order valence-corrected chi connectivity index (χ3v) is 4.65. The van der Waals surface area contributed by atoms with E-state index in [1.807, 2.05) is 0 Å². The van der Waals surface area contributed by atoms with Crippen molar-refractivity contribution in [2.75, 3.05) is 42.6 Å². The van der Waals surface area contributed by atoms with Gasteiger partial charge in [-0.3, -0.25) is 14.5 Å². The minimum Gasteiger partial charge on any atom is -0.444 e. The lowest BCUT2D eigenvalue weighted by molar-refractivity contribution is -0.166. The van der Waals surface area contributed by atoms with Crippen LogP contribution < -0.4 is 9.80 Å². The van der Waals surface area contributed by atoms with Crippen molar-refractivity contribution < 1.29 is 32.7 Å². The molecule has 2 aliphatic heterocycles. The molecule has 2 amide bonds. The van der Waals surface area contributed by atoms with Gasteiger partial charge in [0.15, 0.2) is 11.6 Å². The molecule has 0 unspecified atom stereocenters. The fourth-order valence-electron chi connectivity index (χ4n) is 3.23. The first kappa shape index (κ1) is 20.0. The summed E-state index contributed by atoms with van der Waals surface area (Å²) in [6, 6.07) is 2.16. The summed E-state index contributed by atoms with van der Waals surface area (Å²) in [6.45, 7) is 2.24. The molecular weight excluding hydrogens is 376 g/mol. The molecule has 0 aliphatic carbocycles. The van der Waals surface area contributed by atoms with Crippen molar-refractivity contribution in [1.29, 1.82) is 0 Å². The highest BCUT2D eigenvalue weighted by molar-refractivity contribution is 5.90. The van der Waals surface area contributed by atoms with Gasteiger partial charge in [0, 0.05) is 31.6 Å². The lowest BCUT2D eigenvalue weighted by Crippen LogP contribution is -2.31. The van der Waals surface area contributed by atoms with E-state index < -0.39 is 23.8 Å². The Labute approximate surface area is 160 Å². The van der Waals surface area contributed by atoms with Crippen LogP contribution in [0, 0.1) is 11.6 Å². The largest absolute Gasteiger partial charge is 0.444 e. The topological polar surface area (TPSA) is 79.4 Å². The summed E-state index contributed by atoms with van der Waals surface area (Å²) in [4.78, 5) is 41.7. The van der Waals surface area contributed by atoms with Crippen molar-refractivity contribution in [2.24, 2.45) is 0 Å². The number of halogens is 2. The second-order valence-electron chi connectivity index (χ2n) is 6.68. The highest BCUT2D eigenvalue weighted by Gasteiger charge is 2.33. The Kier molecular flexibility index (Phi) is 6.08. The number of benzene rings is 1. The number of hydrogen-bond donors (Lipinski definition) is 0. The second kappa shape index (κ2) is 8.51. The summed E-state index contributed by atoms with van der Waals surface area (Å²) >= 11 is 0. The third kappa shape index (κ3) is 4.38. The van der Waals surface area contributed by atoms with Crippen LogP contribution in [-0.2, 0) is 19.2 Å². The molecule has 152 valence electrons. The van der Waals surface area contributed by atoms with Gasteiger partial charge in [-0.15, -0.1) is 0 Å². The molecular formula is C18H21F2N3O5. The number of ketones is 1. The van der Waals surface area contributed by atoms with Crippen LogP contribution in [0.2, 0.25) is 0 Å². The number of amides is 2. The minimum atomic E-state index is -0.825. The Bertz CT molecular complexity index is 753. The molecule has 0 spiro atoms. The summed E-state index contributed by atoms with van der Waals surface area (Å²) in [5.74, 6) is -1.67. The van der Waals surface area contributed by atoms with Gasteiger partial charge in [-0.2, -0.15) is 0 Å². The number of carbonyl (C=O) groups is 3. The summed E-state index contributed by atoms with van der Waals surface area (Å²) in [7, 11) is 0. The quantitative estimate of drug-likeness (QED) is 0.682. The van der Waals surface area contributed by atoms with E-state index in [-0.39, 0.29) is 56.4 Å². The Morgan fingerprint density at radius 2 is 1.96 bits per heavy atom. The van der Waals surface area contributed by atoms with E-state index in [4.69, 9.17) is 9.57 Å². The number of carbonyl (C=O) groups excluding carboxylic acids is 3. The smallest absolute Gasteiger partial charge is 0.414 e. The van der Waals surface area contributed by atoms with Gasteiger partial charge < -0.3 is 14.4 Å². The maximum absolute atomic E-state index is 14.7. The van der Waals surface area contributed by atoms with Crippen LogP contribution in [-0.4, -0.2) is 62.2 Å². The van der Waals surface area contributed by atoms with Crippen LogP contribution in [0.5, 0.6) is 0 Å². The number of cyclic esters (lactones) is 1. The first-order valence-electron chi connectivity index (χ1n) is 8.95. The molecule has 1 aromatic carbocycles. The van der Waals surface area contributed by atoms with Gasteiger partial charge in [0.05, 0.1) is 25.4 Å². The van der Waals surface area contributed by atoms with Crippen LogP contribution >= 0.6 is 0 Å². The molecule has 3 rings (SSSR count). The molecule has 2 fully saturated rings. The third-order valence-electron chi connectivity index (χ3n) is 4.65. The highest BCUT2D eigenvalue weighted by Crippen LogP contribution is 2.31. The predicted octanol–water partition coefficient (Wildman–Crippen LogP) is 1.87. The normalized spacial score (nSPS) is 20.2. The standard InChI is InChI=1S/C18H21F2N3O5/c1-12(25)2-3-14-10-23(18(26)28-14)13-8-15(19)17(16(20)9-13)21-4-5-22(11-24)27-7-6-21/h8-9,11,14H,2-7,10H2,1H3/t14-/m0/s1. The van der Waals surface area contributed by atoms with Gasteiger partial charge in [-0.1, -0.05) is 0 Å². The number of hydrogen-bond acceptors (Lipinski definition) is 6. The molecule has 8 nitrogen and oxygen atoms in total. The van der Waals surface area contributed by atoms with Crippen LogP contribution in [0.15, 0.2) is 12.1 Å². The molecule has 0 saturated carbocycles. The molecule has 0 aromatic heterocycles. The number of hydroxylamine groups is 2. The van der Waals surface area contributed by atoms with Crippen molar-refractivity contribution >= 4 is 29.7 Å². The maximum Gasteiger partial charge on any atom is 0.414 e. The summed E-state index contributed by atoms with van der Waals surface area (Å²) in [5, 5.41) is 1.08. The monoisotopic (exact) mass is 397 g/mol. The Morgan fingerprint density at radius 1 is 1.25 bits per heavy atom. The fourth-order valence-corrected chi connectivity index (χ4v) is 3.23. The average molecular weight is 397 g/mol. The van der Waals surface area contributed by atoms with Gasteiger partial charge in [0.25, 0.3) is 0 Å². The molecule has 2 aliphatic rings. The first-order chi connectivity index (χ1) is 13.4. The zero-order chi connectivity index (χ0) is 20.3. The van der Waals surface area contributed by atoms with Crippen LogP contribution in [0.1, 0.15) is 19.8 Å². The maximum atomic E-state index is 14.7. The average Bonchev–Trinajstić information content (AvgIpc) is 2.85. The molecule has 2 saturated heterocycles. The molecule has 1 atom stereocenters. The lowest BCUT2D eigenvalue weighted by Gasteiger charge is -2.24. The Morgan fingerprint density at radius 3 is 2.61 bits per heavy atom. The molecule has 1 aromatic rings. The van der Waals surface area contributed by atoms with E-state index >= 15 is 0 Å². The number of rotatable bonds is 6. The van der Waals surface area contributed by atoms with E-state index in [9.17, 15) is 23.2 Å². The highest BCUT2D eigenvalue weighted by atomic mass is 19.1. The van der Waals surface area contributed by atoms with Crippen molar-refractivity contribution in [1.82, 2.24) is 5.06 Å². The van der Waals surface area contributed by atoms with Crippen molar-refractivity contribution in [3.63, 3.8) is 0 Å². The van der Waals surface area contributed by atoms with E-state index in [1.54, 1.807) is 0 Å². The Balaban J connectivity index is 1.75. The number of ether oxygens (including phenoxy) is 1. The molecule has 28 heavy (non-hydrogen) atoms. The van der Waals surface area contributed by atoms with Crippen LogP contribution in [0.4, 0.5) is 25.0 Å². The number of anilines is 2. The van der Waals surface area contributed by atoms with Crippen molar-refractivity contribution in [2.45, 2.75) is 25.9 Å². The first-order valence-corrected chi connectivity index (χ1v) is 8.95. The number of nitrogens with zero attached hydrogens (tertiary/aromatic N) is 3. The molecule has 0 radical (unpaired) electrons. The van der Waals surface area contributed by atoms with E-state index in [0.29, 0.717) is 12.8 Å². The van der Waals surface area contributed by atoms with E-state index in [1.165, 1.54) is 11.8 Å². The fraction of sp³-hybridized carbons (Fsp3) is 0.500. The van der Waals surface area contributed by atoms with Crippen molar-refractivity contribution in [3.05, 3.63) is 23.8 Å². The van der Waals surface area contributed by atoms with Gasteiger partial charge in [0.2, 0.25) is 6.41 Å². The van der Waals surface area contributed by atoms with E-state index in [2.05, 4.69) is 0 Å². The summed E-state index contributed by atoms with van der Waals surface area (Å²) in [6.07, 6.45) is -0.0609. The van der Waals surface area contributed by atoms with Gasteiger partial charge in [-0.25, -0.2) is 18.6 Å².